The summed E-state index contributed by atoms with van der Waals surface area (Å²) in [6, 6.07) is 11.7. The average molecular weight is 500 g/mol. The van der Waals surface area contributed by atoms with Crippen LogP contribution < -0.4 is 0 Å². The Morgan fingerprint density at radius 3 is 2.53 bits per heavy atom. The molecule has 194 valence electrons. The molecule has 0 radical (unpaired) electrons. The van der Waals surface area contributed by atoms with Crippen LogP contribution in [0.3, 0.4) is 0 Å². The van der Waals surface area contributed by atoms with Gasteiger partial charge in [-0.1, -0.05) is 36.4 Å². The molecule has 2 aliphatic rings. The van der Waals surface area contributed by atoms with Crippen molar-refractivity contribution in [3.05, 3.63) is 75.9 Å². The minimum atomic E-state index is -4.46. The first kappa shape index (κ1) is 26.4. The number of hydrogen-bond donors (Lipinski definition) is 0. The molecule has 1 saturated carbocycles. The maximum Gasteiger partial charge on any atom is 0.416 e. The Morgan fingerprint density at radius 1 is 1.08 bits per heavy atom. The van der Waals surface area contributed by atoms with Crippen molar-refractivity contribution in [3.63, 3.8) is 0 Å². The van der Waals surface area contributed by atoms with Crippen LogP contribution in [0.4, 0.5) is 13.2 Å². The number of nitrogens with zero attached hydrogens (tertiary/aromatic N) is 3. The highest BCUT2D eigenvalue weighted by molar-refractivity contribution is 5.97. The second-order valence-electron chi connectivity index (χ2n) is 10.4. The highest BCUT2D eigenvalue weighted by Crippen LogP contribution is 2.34. The molecule has 0 atom stereocenters. The SMILES string of the molecule is C/C(=C\c1cccc2c1CCN(CC1CC1)C2)C(=O)N(CCN(C)C)Cc1ccccc1C(F)(F)F. The summed E-state index contributed by atoms with van der Waals surface area (Å²) in [5.74, 6) is 0.614. The van der Waals surface area contributed by atoms with Gasteiger partial charge in [0.25, 0.3) is 0 Å². The molecule has 4 nitrogen and oxygen atoms in total. The van der Waals surface area contributed by atoms with Crippen molar-refractivity contribution in [1.82, 2.24) is 14.7 Å². The van der Waals surface area contributed by atoms with Crippen molar-refractivity contribution in [1.29, 1.82) is 0 Å². The molecule has 1 aliphatic heterocycles. The molecule has 0 spiro atoms. The van der Waals surface area contributed by atoms with Crippen molar-refractivity contribution in [2.45, 2.75) is 45.5 Å². The van der Waals surface area contributed by atoms with Gasteiger partial charge in [-0.25, -0.2) is 0 Å². The zero-order valence-corrected chi connectivity index (χ0v) is 21.4. The minimum Gasteiger partial charge on any atom is -0.333 e. The molecular formula is C29H36F3N3O. The number of carbonyl (C=O) groups is 1. The first-order chi connectivity index (χ1) is 17.1. The quantitative estimate of drug-likeness (QED) is 0.429. The van der Waals surface area contributed by atoms with Gasteiger partial charge in [0.2, 0.25) is 5.91 Å². The van der Waals surface area contributed by atoms with E-state index in [0.29, 0.717) is 18.7 Å². The van der Waals surface area contributed by atoms with Gasteiger partial charge >= 0.3 is 6.18 Å². The van der Waals surface area contributed by atoms with E-state index in [1.807, 2.05) is 37.2 Å². The van der Waals surface area contributed by atoms with Crippen molar-refractivity contribution in [2.24, 2.45) is 5.92 Å². The van der Waals surface area contributed by atoms with Crippen LogP contribution in [0, 0.1) is 5.92 Å². The molecule has 1 aliphatic carbocycles. The van der Waals surface area contributed by atoms with Gasteiger partial charge < -0.3 is 9.80 Å². The lowest BCUT2D eigenvalue weighted by Crippen LogP contribution is -2.37. The number of carbonyl (C=O) groups excluding carboxylic acids is 1. The lowest BCUT2D eigenvalue weighted by atomic mass is 9.93. The summed E-state index contributed by atoms with van der Waals surface area (Å²) in [6.45, 7) is 5.70. The third-order valence-corrected chi connectivity index (χ3v) is 7.09. The maximum absolute atomic E-state index is 13.6. The number of halogens is 3. The highest BCUT2D eigenvalue weighted by atomic mass is 19.4. The van der Waals surface area contributed by atoms with E-state index in [1.165, 1.54) is 41.0 Å². The van der Waals surface area contributed by atoms with Crippen molar-refractivity contribution < 1.29 is 18.0 Å². The second kappa shape index (κ2) is 11.2. The highest BCUT2D eigenvalue weighted by Gasteiger charge is 2.34. The van der Waals surface area contributed by atoms with Gasteiger partial charge in [-0.2, -0.15) is 13.2 Å². The zero-order valence-electron chi connectivity index (χ0n) is 21.4. The number of likely N-dealkylation sites (N-methyl/N-ethyl adjacent to an activating group) is 1. The summed E-state index contributed by atoms with van der Waals surface area (Å²) in [5.41, 5.74) is 3.57. The Morgan fingerprint density at radius 2 is 1.83 bits per heavy atom. The summed E-state index contributed by atoms with van der Waals surface area (Å²) in [5, 5.41) is 0. The Hall–Kier alpha value is -2.64. The van der Waals surface area contributed by atoms with Crippen LogP contribution in [0.2, 0.25) is 0 Å². The van der Waals surface area contributed by atoms with Gasteiger partial charge in [0.15, 0.2) is 0 Å². The van der Waals surface area contributed by atoms with Crippen molar-refractivity contribution >= 4 is 12.0 Å². The van der Waals surface area contributed by atoms with Crippen LogP contribution in [0.25, 0.3) is 6.08 Å². The number of rotatable bonds is 9. The fourth-order valence-electron chi connectivity index (χ4n) is 4.91. The number of benzene rings is 2. The maximum atomic E-state index is 13.6. The lowest BCUT2D eigenvalue weighted by molar-refractivity contribution is -0.139. The van der Waals surface area contributed by atoms with Crippen LogP contribution in [-0.4, -0.2) is 60.9 Å². The van der Waals surface area contributed by atoms with E-state index in [-0.39, 0.29) is 18.0 Å². The van der Waals surface area contributed by atoms with Gasteiger partial charge in [-0.05, 0) is 80.6 Å². The minimum absolute atomic E-state index is 0.0867. The Labute approximate surface area is 212 Å². The fraction of sp³-hybridized carbons (Fsp3) is 0.483. The normalized spacial score (nSPS) is 16.8. The topological polar surface area (TPSA) is 26.8 Å². The van der Waals surface area contributed by atoms with E-state index < -0.39 is 11.7 Å². The first-order valence-electron chi connectivity index (χ1n) is 12.7. The largest absolute Gasteiger partial charge is 0.416 e. The molecule has 1 heterocycles. The van der Waals surface area contributed by atoms with E-state index in [2.05, 4.69) is 11.0 Å². The Kier molecular flexibility index (Phi) is 8.20. The third-order valence-electron chi connectivity index (χ3n) is 7.09. The van der Waals surface area contributed by atoms with E-state index in [4.69, 9.17) is 0 Å². The van der Waals surface area contributed by atoms with E-state index in [1.54, 1.807) is 13.0 Å². The van der Waals surface area contributed by atoms with Crippen LogP contribution in [0.5, 0.6) is 0 Å². The predicted octanol–water partition coefficient (Wildman–Crippen LogP) is 5.47. The van der Waals surface area contributed by atoms with E-state index in [9.17, 15) is 18.0 Å². The first-order valence-corrected chi connectivity index (χ1v) is 12.7. The lowest BCUT2D eigenvalue weighted by Gasteiger charge is -2.30. The monoisotopic (exact) mass is 499 g/mol. The van der Waals surface area contributed by atoms with Crippen LogP contribution in [-0.2, 0) is 30.5 Å². The molecule has 0 saturated heterocycles. The summed E-state index contributed by atoms with van der Waals surface area (Å²) in [4.78, 5) is 19.5. The third kappa shape index (κ3) is 6.77. The molecule has 36 heavy (non-hydrogen) atoms. The molecule has 7 heteroatoms. The summed E-state index contributed by atoms with van der Waals surface area (Å²) in [6.07, 6.45) is 1.07. The number of fused-ring (bicyclic) bond motifs is 1. The van der Waals surface area contributed by atoms with E-state index in [0.717, 1.165) is 43.6 Å². The molecular weight excluding hydrogens is 463 g/mol. The molecule has 0 aromatic heterocycles. The average Bonchev–Trinajstić information content (AvgIpc) is 3.65. The smallest absolute Gasteiger partial charge is 0.333 e. The molecule has 0 bridgehead atoms. The molecule has 2 aromatic carbocycles. The molecule has 0 unspecified atom stereocenters. The van der Waals surface area contributed by atoms with Crippen LogP contribution in [0.1, 0.15) is 47.6 Å². The van der Waals surface area contributed by atoms with Crippen molar-refractivity contribution in [3.8, 4) is 0 Å². The molecule has 1 fully saturated rings. The molecule has 1 amide bonds. The van der Waals surface area contributed by atoms with Crippen molar-refractivity contribution in [2.75, 3.05) is 40.3 Å². The zero-order chi connectivity index (χ0) is 25.9. The summed E-state index contributed by atoms with van der Waals surface area (Å²) in [7, 11) is 3.77. The Bertz CT molecular complexity index is 1110. The van der Waals surface area contributed by atoms with Crippen LogP contribution in [0.15, 0.2) is 48.0 Å². The molecule has 0 N–H and O–H groups in total. The van der Waals surface area contributed by atoms with Gasteiger partial charge in [-0.15, -0.1) is 0 Å². The fourth-order valence-corrected chi connectivity index (χ4v) is 4.91. The summed E-state index contributed by atoms with van der Waals surface area (Å²) < 4.78 is 40.8. The van der Waals surface area contributed by atoms with E-state index >= 15 is 0 Å². The number of amides is 1. The van der Waals surface area contributed by atoms with Crippen LogP contribution >= 0.6 is 0 Å². The molecule has 4 rings (SSSR count). The number of alkyl halides is 3. The summed E-state index contributed by atoms with van der Waals surface area (Å²) >= 11 is 0. The van der Waals surface area contributed by atoms with Gasteiger partial charge in [0.05, 0.1) is 5.56 Å². The van der Waals surface area contributed by atoms with Gasteiger partial charge in [0.1, 0.15) is 0 Å². The molecule has 2 aromatic rings. The van der Waals surface area contributed by atoms with Gasteiger partial charge in [0, 0.05) is 44.8 Å². The number of hydrogen-bond acceptors (Lipinski definition) is 3. The van der Waals surface area contributed by atoms with Gasteiger partial charge in [-0.3, -0.25) is 9.69 Å². The standard InChI is InChI=1S/C29H36F3N3O/c1-21(17-23-8-6-9-24-19-34(14-13-26(23)24)18-22-11-12-22)28(36)35(16-15-33(2)3)20-25-7-4-5-10-27(25)29(30,31)32/h4-10,17,22H,11-16,18-20H2,1-3H3/b21-17+. The Balaban J connectivity index is 1.55. The second-order valence-corrected chi connectivity index (χ2v) is 10.4. The predicted molar refractivity (Wildman–Crippen MR) is 137 cm³/mol.